The highest BCUT2D eigenvalue weighted by molar-refractivity contribution is 5.57. The van der Waals surface area contributed by atoms with E-state index in [1.54, 1.807) is 0 Å². The number of nitrogens with one attached hydrogen (secondary N) is 2. The maximum atomic E-state index is 14.7. The Morgan fingerprint density at radius 2 is 2.00 bits per heavy atom. The molecule has 5 nitrogen and oxygen atoms in total. The van der Waals surface area contributed by atoms with Crippen molar-refractivity contribution in [1.29, 1.82) is 0 Å². The monoisotopic (exact) mass is 439 g/mol. The zero-order valence-corrected chi connectivity index (χ0v) is 18.9. The van der Waals surface area contributed by atoms with Crippen molar-refractivity contribution >= 4 is 12.2 Å². The number of carbonyl (C=O) groups is 1. The Labute approximate surface area is 190 Å². The van der Waals surface area contributed by atoms with E-state index in [1.807, 2.05) is 30.3 Å². The van der Waals surface area contributed by atoms with Gasteiger partial charge >= 0.3 is 0 Å². The maximum Gasteiger partial charge on any atom is 0.293 e. The number of alkyl halides is 1. The summed E-state index contributed by atoms with van der Waals surface area (Å²) in [5.41, 5.74) is 4.18. The van der Waals surface area contributed by atoms with Crippen LogP contribution in [-0.2, 0) is 22.6 Å². The van der Waals surface area contributed by atoms with E-state index in [2.05, 4.69) is 45.5 Å². The fraction of sp³-hybridized carbons (Fsp3) is 0.500. The number of hydrogen-bond donors (Lipinski definition) is 2. The lowest BCUT2D eigenvalue weighted by molar-refractivity contribution is -0.129. The molecule has 2 aromatic carbocycles. The standard InChI is InChI=1S/C18H26FN3.C8H8O2/c1-22-8-5-18(19,6-9-22)12-21-17-11-15(17)13-2-3-16-14(10-13)4-7-20-16;9-7-10-6-8-4-2-1-3-5-8/h2-3,10,15,17,20-21H,4-9,11-12H2,1H3;1-5,7H,6H2. The summed E-state index contributed by atoms with van der Waals surface area (Å²) in [7, 11) is 2.08. The van der Waals surface area contributed by atoms with E-state index in [9.17, 15) is 9.18 Å². The summed E-state index contributed by atoms with van der Waals surface area (Å²) in [5, 5.41) is 6.89. The van der Waals surface area contributed by atoms with Gasteiger partial charge in [-0.2, -0.15) is 0 Å². The van der Waals surface area contributed by atoms with Crippen LogP contribution in [0.4, 0.5) is 10.1 Å². The largest absolute Gasteiger partial charge is 0.463 e. The average molecular weight is 440 g/mol. The van der Waals surface area contributed by atoms with Crippen molar-refractivity contribution in [2.75, 3.05) is 38.5 Å². The van der Waals surface area contributed by atoms with Gasteiger partial charge in [0, 0.05) is 43.8 Å². The van der Waals surface area contributed by atoms with Gasteiger partial charge in [-0.3, -0.25) is 4.79 Å². The number of piperidine rings is 1. The number of fused-ring (bicyclic) bond motifs is 1. The molecule has 1 aliphatic carbocycles. The summed E-state index contributed by atoms with van der Waals surface area (Å²) in [5.74, 6) is 0.584. The molecule has 6 heteroatoms. The maximum absolute atomic E-state index is 14.7. The molecule has 0 aromatic heterocycles. The lowest BCUT2D eigenvalue weighted by Gasteiger charge is -2.34. The van der Waals surface area contributed by atoms with E-state index in [-0.39, 0.29) is 0 Å². The molecule has 0 amide bonds. The molecular weight excluding hydrogens is 405 g/mol. The van der Waals surface area contributed by atoms with Crippen molar-refractivity contribution in [1.82, 2.24) is 10.2 Å². The molecule has 1 saturated heterocycles. The molecule has 2 aliphatic heterocycles. The van der Waals surface area contributed by atoms with Crippen LogP contribution in [0.5, 0.6) is 0 Å². The van der Waals surface area contributed by atoms with Crippen LogP contribution in [0.1, 0.15) is 41.9 Å². The Kier molecular flexibility index (Phi) is 7.43. The Hall–Kier alpha value is -2.44. The Morgan fingerprint density at radius 1 is 1.22 bits per heavy atom. The molecule has 0 radical (unpaired) electrons. The summed E-state index contributed by atoms with van der Waals surface area (Å²) in [6.07, 6.45) is 3.62. The third-order valence-corrected chi connectivity index (χ3v) is 6.78. The number of rotatable bonds is 7. The number of hydrogen-bond acceptors (Lipinski definition) is 5. The second-order valence-electron chi connectivity index (χ2n) is 9.27. The smallest absolute Gasteiger partial charge is 0.293 e. The highest BCUT2D eigenvalue weighted by Crippen LogP contribution is 2.42. The number of anilines is 1. The van der Waals surface area contributed by atoms with Crippen molar-refractivity contribution < 1.29 is 13.9 Å². The van der Waals surface area contributed by atoms with E-state index in [0.29, 0.717) is 44.4 Å². The van der Waals surface area contributed by atoms with Gasteiger partial charge in [0.2, 0.25) is 0 Å². The lowest BCUT2D eigenvalue weighted by atomic mass is 9.93. The molecule has 2 fully saturated rings. The second-order valence-corrected chi connectivity index (χ2v) is 9.27. The average Bonchev–Trinajstić information content (AvgIpc) is 3.46. The molecule has 2 heterocycles. The van der Waals surface area contributed by atoms with Crippen molar-refractivity contribution in [3.63, 3.8) is 0 Å². The third-order valence-electron chi connectivity index (χ3n) is 6.78. The van der Waals surface area contributed by atoms with Gasteiger partial charge in [0.25, 0.3) is 6.47 Å². The third kappa shape index (κ3) is 6.08. The zero-order chi connectivity index (χ0) is 22.4. The summed E-state index contributed by atoms with van der Waals surface area (Å²) < 4.78 is 19.3. The molecule has 1 saturated carbocycles. The molecule has 0 bridgehead atoms. The van der Waals surface area contributed by atoms with Crippen LogP contribution in [0, 0.1) is 0 Å². The predicted molar refractivity (Wildman–Crippen MR) is 126 cm³/mol. The fourth-order valence-corrected chi connectivity index (χ4v) is 4.56. The molecule has 2 atom stereocenters. The van der Waals surface area contributed by atoms with Gasteiger partial charge in [0.15, 0.2) is 0 Å². The first kappa shape index (κ1) is 22.7. The van der Waals surface area contributed by atoms with Crippen LogP contribution in [0.3, 0.4) is 0 Å². The van der Waals surface area contributed by atoms with Crippen LogP contribution in [0.25, 0.3) is 0 Å². The molecule has 2 unspecified atom stereocenters. The van der Waals surface area contributed by atoms with E-state index in [0.717, 1.165) is 38.0 Å². The first-order valence-corrected chi connectivity index (χ1v) is 11.6. The van der Waals surface area contributed by atoms with E-state index in [1.165, 1.54) is 16.8 Å². The van der Waals surface area contributed by atoms with Gasteiger partial charge in [-0.25, -0.2) is 4.39 Å². The lowest BCUT2D eigenvalue weighted by Crippen LogP contribution is -2.46. The number of benzene rings is 2. The van der Waals surface area contributed by atoms with Gasteiger partial charge < -0.3 is 20.3 Å². The van der Waals surface area contributed by atoms with Crippen molar-refractivity contribution in [3.8, 4) is 0 Å². The summed E-state index contributed by atoms with van der Waals surface area (Å²) >= 11 is 0. The molecule has 2 aromatic rings. The number of likely N-dealkylation sites (tertiary alicyclic amines) is 1. The van der Waals surface area contributed by atoms with Gasteiger partial charge in [0.05, 0.1) is 0 Å². The van der Waals surface area contributed by atoms with Crippen LogP contribution < -0.4 is 10.6 Å². The summed E-state index contributed by atoms with van der Waals surface area (Å²) in [6, 6.07) is 16.8. The number of halogens is 1. The molecule has 3 aliphatic rings. The minimum absolute atomic E-state index is 0.365. The highest BCUT2D eigenvalue weighted by atomic mass is 19.1. The summed E-state index contributed by atoms with van der Waals surface area (Å²) in [6.45, 7) is 4.16. The molecule has 0 spiro atoms. The molecule has 32 heavy (non-hydrogen) atoms. The predicted octanol–water partition coefficient (Wildman–Crippen LogP) is 3.89. The minimum Gasteiger partial charge on any atom is -0.463 e. The van der Waals surface area contributed by atoms with E-state index < -0.39 is 5.67 Å². The zero-order valence-electron chi connectivity index (χ0n) is 18.9. The first-order valence-electron chi connectivity index (χ1n) is 11.6. The van der Waals surface area contributed by atoms with Crippen molar-refractivity contribution in [2.24, 2.45) is 0 Å². The molecule has 5 rings (SSSR count). The summed E-state index contributed by atoms with van der Waals surface area (Å²) in [4.78, 5) is 12.0. The normalized spacial score (nSPS) is 23.3. The first-order chi connectivity index (χ1) is 15.6. The number of carbonyl (C=O) groups excluding carboxylic acids is 1. The van der Waals surface area contributed by atoms with Gasteiger partial charge in [0.1, 0.15) is 12.3 Å². The highest BCUT2D eigenvalue weighted by Gasteiger charge is 2.41. The van der Waals surface area contributed by atoms with Crippen LogP contribution >= 0.6 is 0 Å². The number of nitrogens with zero attached hydrogens (tertiary/aromatic N) is 1. The van der Waals surface area contributed by atoms with Crippen molar-refractivity contribution in [2.45, 2.75) is 49.9 Å². The second kappa shape index (κ2) is 10.5. The Balaban J connectivity index is 0.000000207. The van der Waals surface area contributed by atoms with Crippen molar-refractivity contribution in [3.05, 3.63) is 65.2 Å². The Bertz CT molecular complexity index is 884. The van der Waals surface area contributed by atoms with Crippen LogP contribution in [-0.4, -0.2) is 56.3 Å². The molecule has 2 N–H and O–H groups in total. The topological polar surface area (TPSA) is 53.6 Å². The van der Waals surface area contributed by atoms with Crippen LogP contribution in [0.15, 0.2) is 48.5 Å². The van der Waals surface area contributed by atoms with Gasteiger partial charge in [-0.15, -0.1) is 0 Å². The minimum atomic E-state index is -0.999. The SMILES string of the molecule is CN1CCC(F)(CNC2CC2c2ccc3c(c2)CCN3)CC1.O=COCc1ccccc1. The quantitative estimate of drug-likeness (QED) is 0.641. The Morgan fingerprint density at radius 3 is 2.75 bits per heavy atom. The van der Waals surface area contributed by atoms with E-state index >= 15 is 0 Å². The van der Waals surface area contributed by atoms with Crippen LogP contribution in [0.2, 0.25) is 0 Å². The van der Waals surface area contributed by atoms with Gasteiger partial charge in [-0.05, 0) is 55.5 Å². The van der Waals surface area contributed by atoms with E-state index in [4.69, 9.17) is 0 Å². The number of ether oxygens (including phenoxy) is 1. The van der Waals surface area contributed by atoms with Gasteiger partial charge in [-0.1, -0.05) is 42.5 Å². The molecular formula is C26H34FN3O2. The fourth-order valence-electron chi connectivity index (χ4n) is 4.56. The molecule has 172 valence electrons.